The van der Waals surface area contributed by atoms with E-state index in [1.54, 1.807) is 4.90 Å². The maximum atomic E-state index is 14.0. The molecule has 6 nitrogen and oxygen atoms in total. The highest BCUT2D eigenvalue weighted by atomic mass is 19.1. The average Bonchev–Trinajstić information content (AvgIpc) is 2.79. The Morgan fingerprint density at radius 2 is 1.79 bits per heavy atom. The summed E-state index contributed by atoms with van der Waals surface area (Å²) < 4.78 is 33.0. The van der Waals surface area contributed by atoms with Crippen LogP contribution in [-0.2, 0) is 9.53 Å². The fraction of sp³-hybridized carbons (Fsp3) is 0.577. The van der Waals surface area contributed by atoms with Crippen LogP contribution >= 0.6 is 0 Å². The molecule has 34 heavy (non-hydrogen) atoms. The van der Waals surface area contributed by atoms with Crippen LogP contribution < -0.4 is 11.5 Å². The van der Waals surface area contributed by atoms with Crippen LogP contribution in [0.3, 0.4) is 0 Å². The molecule has 1 amide bonds. The number of rotatable bonds is 6. The summed E-state index contributed by atoms with van der Waals surface area (Å²) in [5.41, 5.74) is 11.8. The summed E-state index contributed by atoms with van der Waals surface area (Å²) in [6, 6.07) is 3.59. The van der Waals surface area contributed by atoms with E-state index in [1.165, 1.54) is 18.6 Å². The molecule has 1 saturated heterocycles. The molecule has 0 radical (unpaired) electrons. The van der Waals surface area contributed by atoms with Gasteiger partial charge in [0.15, 0.2) is 5.60 Å². The number of hydrogen-bond acceptors (Lipinski definition) is 5. The minimum absolute atomic E-state index is 0.00293. The van der Waals surface area contributed by atoms with Gasteiger partial charge >= 0.3 is 0 Å². The third-order valence-corrected chi connectivity index (χ3v) is 5.58. The Morgan fingerprint density at radius 3 is 2.26 bits per heavy atom. The highest BCUT2D eigenvalue weighted by Gasteiger charge is 2.46. The maximum absolute atomic E-state index is 14.0. The molecule has 0 aromatic heterocycles. The van der Waals surface area contributed by atoms with E-state index >= 15 is 0 Å². The molecular weight excluding hydrogens is 440 g/mol. The highest BCUT2D eigenvalue weighted by Crippen LogP contribution is 2.31. The second kappa shape index (κ2) is 14.1. The maximum Gasteiger partial charge on any atom is 0.259 e. The van der Waals surface area contributed by atoms with Gasteiger partial charge < -0.3 is 26.2 Å². The normalized spacial score (nSPS) is 19.2. The van der Waals surface area contributed by atoms with Crippen LogP contribution in [0.25, 0.3) is 5.70 Å². The van der Waals surface area contributed by atoms with E-state index in [1.807, 2.05) is 20.8 Å². The van der Waals surface area contributed by atoms with E-state index in [4.69, 9.17) is 16.2 Å². The van der Waals surface area contributed by atoms with Gasteiger partial charge in [-0.15, -0.1) is 0 Å². The molecule has 1 fully saturated rings. The van der Waals surface area contributed by atoms with Crippen LogP contribution in [0.1, 0.15) is 65.9 Å². The zero-order chi connectivity index (χ0) is 25.9. The predicted molar refractivity (Wildman–Crippen MR) is 132 cm³/mol. The fourth-order valence-corrected chi connectivity index (χ4v) is 3.81. The number of ether oxygens (including phenoxy) is 1. The van der Waals surface area contributed by atoms with Crippen molar-refractivity contribution in [3.05, 3.63) is 52.7 Å². The molecule has 1 aromatic carbocycles. The highest BCUT2D eigenvalue weighted by molar-refractivity contribution is 5.86. The lowest BCUT2D eigenvalue weighted by Crippen LogP contribution is -2.61. The van der Waals surface area contributed by atoms with Crippen molar-refractivity contribution in [3.63, 3.8) is 0 Å². The number of amides is 1. The molecule has 1 aliphatic heterocycles. The predicted octanol–water partition coefficient (Wildman–Crippen LogP) is 4.33. The molecule has 1 heterocycles. The molecule has 1 aromatic rings. The van der Waals surface area contributed by atoms with E-state index in [0.717, 1.165) is 30.5 Å². The summed E-state index contributed by atoms with van der Waals surface area (Å²) in [7, 11) is 0. The van der Waals surface area contributed by atoms with Crippen molar-refractivity contribution in [3.8, 4) is 0 Å². The van der Waals surface area contributed by atoms with Crippen molar-refractivity contribution >= 4 is 11.6 Å². The molecule has 5 N–H and O–H groups in total. The number of carbonyl (C=O) groups excluding carboxylic acids is 1. The Bertz CT molecular complexity index is 847. The van der Waals surface area contributed by atoms with Gasteiger partial charge in [-0.1, -0.05) is 40.2 Å². The second-order valence-corrected chi connectivity index (χ2v) is 8.34. The number of allylic oxidation sites excluding steroid dienone is 2. The topological polar surface area (TPSA) is 102 Å². The van der Waals surface area contributed by atoms with Crippen LogP contribution in [-0.4, -0.2) is 47.8 Å². The van der Waals surface area contributed by atoms with Crippen molar-refractivity contribution in [2.75, 3.05) is 26.3 Å². The molecule has 1 atom stereocenters. The monoisotopic (exact) mass is 481 g/mol. The van der Waals surface area contributed by atoms with Crippen LogP contribution in [0, 0.1) is 17.6 Å². The minimum atomic E-state index is -1.46. The standard InChI is InChI=1S/C21H27F2N3O3.C3H8.C2H6/c1-2-26(20(27)21(28)11-29-12-21)10-14-6-3-5-13(19(14)25)9-17(24)18-15(22)7-4-8-16(18)23;1-3-2;1-2/h4,7-9,14,28H,2-3,5-6,10-12,24-25H2,1H3;3H2,1-2H3;1-2H3/b17-9-;;. The number of hydrogen-bond donors (Lipinski definition) is 3. The Morgan fingerprint density at radius 1 is 1.24 bits per heavy atom. The van der Waals surface area contributed by atoms with Gasteiger partial charge in [-0.3, -0.25) is 4.79 Å². The number of nitrogens with zero attached hydrogens (tertiary/aromatic N) is 1. The summed E-state index contributed by atoms with van der Waals surface area (Å²) in [4.78, 5) is 14.2. The van der Waals surface area contributed by atoms with E-state index in [2.05, 4.69) is 13.8 Å². The van der Waals surface area contributed by atoms with Crippen LogP contribution in [0.2, 0.25) is 0 Å². The Balaban J connectivity index is 0.00000107. The lowest BCUT2D eigenvalue weighted by atomic mass is 9.85. The van der Waals surface area contributed by atoms with Gasteiger partial charge in [0, 0.05) is 30.4 Å². The average molecular weight is 482 g/mol. The largest absolute Gasteiger partial charge is 0.402 e. The number of aliphatic hydroxyl groups is 1. The summed E-state index contributed by atoms with van der Waals surface area (Å²) >= 11 is 0. The first-order valence-corrected chi connectivity index (χ1v) is 12.2. The van der Waals surface area contributed by atoms with E-state index in [9.17, 15) is 18.7 Å². The lowest BCUT2D eigenvalue weighted by Gasteiger charge is -2.40. The van der Waals surface area contributed by atoms with Gasteiger partial charge in [-0.05, 0) is 50.0 Å². The minimum Gasteiger partial charge on any atom is -0.402 e. The third-order valence-electron chi connectivity index (χ3n) is 5.58. The molecule has 0 spiro atoms. The molecule has 2 aliphatic rings. The number of likely N-dealkylation sites (N-methyl/N-ethyl adjacent to an activating group) is 1. The number of nitrogens with two attached hydrogens (primary N) is 2. The SMILES string of the molecule is CC.CCC.CCN(CC1CCCC(/C=C(\N)c2c(F)cccc2F)=C1N)C(=O)C1(O)COC1. The fourth-order valence-electron chi connectivity index (χ4n) is 3.81. The van der Waals surface area contributed by atoms with Crippen molar-refractivity contribution in [2.45, 2.75) is 65.9 Å². The Labute approximate surface area is 202 Å². The molecule has 1 unspecified atom stereocenters. The van der Waals surface area contributed by atoms with Crippen molar-refractivity contribution in [2.24, 2.45) is 17.4 Å². The van der Waals surface area contributed by atoms with E-state index in [-0.39, 0.29) is 36.3 Å². The van der Waals surface area contributed by atoms with Crippen molar-refractivity contribution in [1.29, 1.82) is 0 Å². The third kappa shape index (κ3) is 7.27. The first kappa shape index (κ1) is 29.6. The quantitative estimate of drug-likeness (QED) is 0.561. The molecule has 0 saturated carbocycles. The molecule has 1 aliphatic carbocycles. The zero-order valence-corrected chi connectivity index (χ0v) is 21.2. The van der Waals surface area contributed by atoms with Crippen molar-refractivity contribution in [1.82, 2.24) is 4.90 Å². The van der Waals surface area contributed by atoms with Crippen molar-refractivity contribution < 1.29 is 23.4 Å². The second-order valence-electron chi connectivity index (χ2n) is 8.34. The smallest absolute Gasteiger partial charge is 0.259 e. The van der Waals surface area contributed by atoms with Crippen LogP contribution in [0.5, 0.6) is 0 Å². The van der Waals surface area contributed by atoms with Gasteiger partial charge in [0.25, 0.3) is 5.91 Å². The van der Waals surface area contributed by atoms with Gasteiger partial charge in [-0.2, -0.15) is 0 Å². The first-order chi connectivity index (χ1) is 16.2. The Kier molecular flexibility index (Phi) is 12.2. The zero-order valence-electron chi connectivity index (χ0n) is 21.2. The summed E-state index contributed by atoms with van der Waals surface area (Å²) in [6.07, 6.45) is 4.99. The van der Waals surface area contributed by atoms with Crippen LogP contribution in [0.4, 0.5) is 8.78 Å². The van der Waals surface area contributed by atoms with Gasteiger partial charge in [0.1, 0.15) is 11.6 Å². The number of carbonyl (C=O) groups is 1. The van der Waals surface area contributed by atoms with E-state index in [0.29, 0.717) is 25.2 Å². The van der Waals surface area contributed by atoms with E-state index < -0.39 is 17.2 Å². The summed E-state index contributed by atoms with van der Waals surface area (Å²) in [6.45, 7) is 10.9. The van der Waals surface area contributed by atoms with Gasteiger partial charge in [0.2, 0.25) is 0 Å². The molecule has 3 rings (SSSR count). The molecule has 0 bridgehead atoms. The first-order valence-electron chi connectivity index (χ1n) is 12.2. The summed E-state index contributed by atoms with van der Waals surface area (Å²) in [5.74, 6) is -1.95. The lowest BCUT2D eigenvalue weighted by molar-refractivity contribution is -0.200. The number of benzene rings is 1. The van der Waals surface area contributed by atoms with Crippen LogP contribution in [0.15, 0.2) is 35.5 Å². The Hall–Kier alpha value is -2.45. The molecular formula is C26H41F2N3O3. The number of halogens is 2. The van der Waals surface area contributed by atoms with Gasteiger partial charge in [-0.25, -0.2) is 8.78 Å². The summed E-state index contributed by atoms with van der Waals surface area (Å²) in [5, 5.41) is 10.3. The van der Waals surface area contributed by atoms with Gasteiger partial charge in [0.05, 0.1) is 18.8 Å². The molecule has 8 heteroatoms. The molecule has 192 valence electrons.